The second-order valence-electron chi connectivity index (χ2n) is 5.99. The van der Waals surface area contributed by atoms with Gasteiger partial charge in [0.05, 0.1) is 6.61 Å². The fourth-order valence-electron chi connectivity index (χ4n) is 2.01. The van der Waals surface area contributed by atoms with E-state index in [1.54, 1.807) is 0 Å². The molecule has 2 heteroatoms. The van der Waals surface area contributed by atoms with Crippen molar-refractivity contribution in [1.82, 2.24) is 0 Å². The van der Waals surface area contributed by atoms with Crippen LogP contribution in [0.2, 0.25) is 0 Å². The van der Waals surface area contributed by atoms with E-state index in [2.05, 4.69) is 58.9 Å². The Morgan fingerprint density at radius 3 is 1.94 bits per heavy atom. The first-order chi connectivity index (χ1) is 7.29. The molecular weight excluding hydrogens is 198 g/mol. The van der Waals surface area contributed by atoms with Gasteiger partial charge in [-0.15, -0.1) is 0 Å². The van der Waals surface area contributed by atoms with Crippen molar-refractivity contribution in [3.8, 4) is 0 Å². The minimum atomic E-state index is -0.0569. The molecule has 2 nitrogen and oxygen atoms in total. The lowest BCUT2D eigenvalue weighted by Crippen LogP contribution is -2.30. The van der Waals surface area contributed by atoms with E-state index in [4.69, 9.17) is 10.7 Å². The van der Waals surface area contributed by atoms with Crippen molar-refractivity contribution in [3.05, 3.63) is 35.4 Å². The molecule has 0 aliphatic rings. The molecule has 0 heterocycles. The number of hydrogen-bond donors (Lipinski definition) is 1. The average molecular weight is 221 g/mol. The molecule has 0 fully saturated rings. The molecule has 0 unspecified atom stereocenters. The molecule has 0 saturated heterocycles. The minimum Gasteiger partial charge on any atom is -0.304 e. The number of nitrogens with two attached hydrogens (primary N) is 1. The Morgan fingerprint density at radius 1 is 1.00 bits per heavy atom. The Labute approximate surface area is 98.8 Å². The predicted molar refractivity (Wildman–Crippen MR) is 68.3 cm³/mol. The van der Waals surface area contributed by atoms with Gasteiger partial charge in [-0.05, 0) is 16.5 Å². The normalized spacial score (nSPS) is 12.9. The lowest BCUT2D eigenvalue weighted by molar-refractivity contribution is 0.0958. The zero-order valence-corrected chi connectivity index (χ0v) is 11.0. The molecule has 0 radical (unpaired) electrons. The number of benzene rings is 1. The summed E-state index contributed by atoms with van der Waals surface area (Å²) in [5.74, 6) is 5.21. The fourth-order valence-corrected chi connectivity index (χ4v) is 2.01. The van der Waals surface area contributed by atoms with Gasteiger partial charge in [0.2, 0.25) is 0 Å². The van der Waals surface area contributed by atoms with E-state index < -0.39 is 0 Å². The van der Waals surface area contributed by atoms with Gasteiger partial charge in [0.15, 0.2) is 0 Å². The molecule has 16 heavy (non-hydrogen) atoms. The molecule has 0 amide bonds. The van der Waals surface area contributed by atoms with Crippen LogP contribution < -0.4 is 5.90 Å². The van der Waals surface area contributed by atoms with Crippen LogP contribution in [0.4, 0.5) is 0 Å². The first-order valence-electron chi connectivity index (χ1n) is 5.71. The van der Waals surface area contributed by atoms with Crippen molar-refractivity contribution in [2.24, 2.45) is 5.90 Å². The Bertz CT molecular complexity index is 350. The van der Waals surface area contributed by atoms with Crippen molar-refractivity contribution >= 4 is 0 Å². The van der Waals surface area contributed by atoms with Crippen molar-refractivity contribution in [2.75, 3.05) is 6.61 Å². The van der Waals surface area contributed by atoms with Crippen LogP contribution in [0.25, 0.3) is 0 Å². The first-order valence-corrected chi connectivity index (χ1v) is 5.71. The van der Waals surface area contributed by atoms with E-state index in [-0.39, 0.29) is 10.8 Å². The van der Waals surface area contributed by atoms with Gasteiger partial charge in [-0.1, -0.05) is 58.9 Å². The summed E-state index contributed by atoms with van der Waals surface area (Å²) >= 11 is 0. The van der Waals surface area contributed by atoms with E-state index in [1.807, 2.05) is 0 Å². The summed E-state index contributed by atoms with van der Waals surface area (Å²) in [4.78, 5) is 4.83. The monoisotopic (exact) mass is 221 g/mol. The van der Waals surface area contributed by atoms with Gasteiger partial charge in [-0.3, -0.25) is 0 Å². The van der Waals surface area contributed by atoms with Crippen molar-refractivity contribution < 1.29 is 4.84 Å². The van der Waals surface area contributed by atoms with Gasteiger partial charge in [0.1, 0.15) is 0 Å². The van der Waals surface area contributed by atoms with Gasteiger partial charge in [-0.25, -0.2) is 5.90 Å². The number of hydrogen-bond acceptors (Lipinski definition) is 2. The third-order valence-corrected chi connectivity index (χ3v) is 2.91. The Kier molecular flexibility index (Phi) is 3.76. The van der Waals surface area contributed by atoms with E-state index in [0.717, 1.165) is 0 Å². The highest BCUT2D eigenvalue weighted by Gasteiger charge is 2.27. The van der Waals surface area contributed by atoms with Gasteiger partial charge in [0, 0.05) is 5.41 Å². The first kappa shape index (κ1) is 13.2. The molecule has 0 aromatic heterocycles. The van der Waals surface area contributed by atoms with Crippen molar-refractivity contribution in [3.63, 3.8) is 0 Å². The number of rotatable bonds is 3. The molecule has 2 N–H and O–H groups in total. The summed E-state index contributed by atoms with van der Waals surface area (Å²) in [5.41, 5.74) is 2.76. The fraction of sp³-hybridized carbons (Fsp3) is 0.571. The summed E-state index contributed by atoms with van der Waals surface area (Å²) in [6.07, 6.45) is 0. The van der Waals surface area contributed by atoms with Crippen LogP contribution >= 0.6 is 0 Å². The summed E-state index contributed by atoms with van der Waals surface area (Å²) < 4.78 is 0. The van der Waals surface area contributed by atoms with Gasteiger partial charge < -0.3 is 4.84 Å². The Balaban J connectivity index is 3.23. The Hall–Kier alpha value is -0.860. The van der Waals surface area contributed by atoms with Crippen molar-refractivity contribution in [2.45, 2.75) is 45.4 Å². The summed E-state index contributed by atoms with van der Waals surface area (Å²) in [6, 6.07) is 8.51. The molecule has 0 aliphatic carbocycles. The molecule has 1 aromatic rings. The largest absolute Gasteiger partial charge is 0.304 e. The summed E-state index contributed by atoms with van der Waals surface area (Å²) in [7, 11) is 0. The summed E-state index contributed by atoms with van der Waals surface area (Å²) in [5, 5.41) is 0. The maximum Gasteiger partial charge on any atom is 0.0770 e. The van der Waals surface area contributed by atoms with Gasteiger partial charge >= 0.3 is 0 Å². The van der Waals surface area contributed by atoms with Crippen LogP contribution in [0.3, 0.4) is 0 Å². The van der Waals surface area contributed by atoms with Gasteiger partial charge in [0.25, 0.3) is 0 Å². The standard InChI is InChI=1S/C14H23NO/c1-13(2,3)11-8-6-7-9-12(11)14(4,5)10-16-15/h6-9H,10,15H2,1-5H3. The van der Waals surface area contributed by atoms with E-state index in [9.17, 15) is 0 Å². The lowest BCUT2D eigenvalue weighted by atomic mass is 9.75. The molecule has 0 bridgehead atoms. The van der Waals surface area contributed by atoms with Crippen LogP contribution in [-0.2, 0) is 15.7 Å². The quantitative estimate of drug-likeness (QED) is 0.796. The Morgan fingerprint density at radius 2 is 1.50 bits per heavy atom. The van der Waals surface area contributed by atoms with Crippen molar-refractivity contribution in [1.29, 1.82) is 0 Å². The zero-order chi connectivity index (χ0) is 12.4. The second-order valence-corrected chi connectivity index (χ2v) is 5.99. The maximum atomic E-state index is 5.21. The third kappa shape index (κ3) is 2.83. The van der Waals surface area contributed by atoms with E-state index >= 15 is 0 Å². The molecule has 0 spiro atoms. The van der Waals surface area contributed by atoms with Crippen LogP contribution in [0, 0.1) is 0 Å². The molecule has 90 valence electrons. The average Bonchev–Trinajstić information content (AvgIpc) is 2.16. The predicted octanol–water partition coefficient (Wildman–Crippen LogP) is 3.15. The highest BCUT2D eigenvalue weighted by molar-refractivity contribution is 5.37. The molecular formula is C14H23NO. The zero-order valence-electron chi connectivity index (χ0n) is 11.0. The van der Waals surface area contributed by atoms with E-state index in [1.165, 1.54) is 11.1 Å². The SMILES string of the molecule is CC(C)(C)c1ccccc1C(C)(C)CON. The second kappa shape index (κ2) is 4.56. The molecule has 1 aromatic carbocycles. The summed E-state index contributed by atoms with van der Waals surface area (Å²) in [6.45, 7) is 11.5. The molecule has 0 atom stereocenters. The maximum absolute atomic E-state index is 5.21. The van der Waals surface area contributed by atoms with Crippen LogP contribution in [0.1, 0.15) is 45.7 Å². The smallest absolute Gasteiger partial charge is 0.0770 e. The minimum absolute atomic E-state index is 0.0569. The molecule has 0 aliphatic heterocycles. The highest BCUT2D eigenvalue weighted by Crippen LogP contribution is 2.33. The van der Waals surface area contributed by atoms with E-state index in [0.29, 0.717) is 6.61 Å². The molecule has 1 rings (SSSR count). The highest BCUT2D eigenvalue weighted by atomic mass is 16.6. The molecule has 0 saturated carbocycles. The van der Waals surface area contributed by atoms with Gasteiger partial charge in [-0.2, -0.15) is 0 Å². The third-order valence-electron chi connectivity index (χ3n) is 2.91. The topological polar surface area (TPSA) is 35.2 Å². The lowest BCUT2D eigenvalue weighted by Gasteiger charge is -2.31. The van der Waals surface area contributed by atoms with Crippen LogP contribution in [0.15, 0.2) is 24.3 Å². The van der Waals surface area contributed by atoms with Crippen LogP contribution in [0.5, 0.6) is 0 Å². The van der Waals surface area contributed by atoms with Crippen LogP contribution in [-0.4, -0.2) is 6.61 Å².